The Morgan fingerprint density at radius 2 is 1.90 bits per heavy atom. The minimum Gasteiger partial charge on any atom is -0.481 e. The van der Waals surface area contributed by atoms with E-state index in [0.29, 0.717) is 12.8 Å². The summed E-state index contributed by atoms with van der Waals surface area (Å²) in [7, 11) is 0. The zero-order valence-corrected chi connectivity index (χ0v) is 13.8. The van der Waals surface area contributed by atoms with E-state index in [1.54, 1.807) is 0 Å². The first-order valence-electron chi connectivity index (χ1n) is 7.17. The number of carboxylic acids is 1. The van der Waals surface area contributed by atoms with Gasteiger partial charge >= 0.3 is 5.97 Å². The molecule has 0 saturated heterocycles. The van der Waals surface area contributed by atoms with Gasteiger partial charge in [-0.25, -0.2) is 0 Å². The second-order valence-corrected chi connectivity index (χ2v) is 6.73. The van der Waals surface area contributed by atoms with Crippen molar-refractivity contribution in [1.82, 2.24) is 5.32 Å². The van der Waals surface area contributed by atoms with E-state index in [9.17, 15) is 14.7 Å². The highest BCUT2D eigenvalue weighted by molar-refractivity contribution is 9.10. The number of carboxylic acid groups (broad SMARTS) is 1. The topological polar surface area (TPSA) is 66.4 Å². The molecule has 0 aromatic heterocycles. The Hall–Kier alpha value is -1.36. The van der Waals surface area contributed by atoms with E-state index in [-0.39, 0.29) is 17.9 Å². The van der Waals surface area contributed by atoms with Gasteiger partial charge in [-0.15, -0.1) is 0 Å². The highest BCUT2D eigenvalue weighted by Crippen LogP contribution is 2.37. The largest absolute Gasteiger partial charge is 0.481 e. The van der Waals surface area contributed by atoms with Crippen LogP contribution >= 0.6 is 15.9 Å². The van der Waals surface area contributed by atoms with Crippen LogP contribution in [0.15, 0.2) is 28.7 Å². The number of aliphatic carboxylic acids is 1. The molecule has 5 heteroatoms. The van der Waals surface area contributed by atoms with E-state index >= 15 is 0 Å². The monoisotopic (exact) mass is 353 g/mol. The molecule has 1 fully saturated rings. The molecule has 0 heterocycles. The maximum absolute atomic E-state index is 12.4. The van der Waals surface area contributed by atoms with E-state index in [2.05, 4.69) is 21.2 Å². The number of amides is 1. The van der Waals surface area contributed by atoms with Crippen molar-refractivity contribution < 1.29 is 14.7 Å². The molecule has 2 N–H and O–H groups in total. The first-order chi connectivity index (χ1) is 9.90. The van der Waals surface area contributed by atoms with Crippen LogP contribution in [-0.2, 0) is 9.59 Å². The fourth-order valence-electron chi connectivity index (χ4n) is 3.08. The smallest absolute Gasteiger partial charge is 0.307 e. The second-order valence-electron chi connectivity index (χ2n) is 5.88. The number of hydrogen-bond donors (Lipinski definition) is 2. The predicted molar refractivity (Wildman–Crippen MR) is 83.7 cm³/mol. The lowest BCUT2D eigenvalue weighted by molar-refractivity contribution is -0.146. The van der Waals surface area contributed by atoms with Crippen LogP contribution in [0.4, 0.5) is 0 Å². The van der Waals surface area contributed by atoms with Crippen LogP contribution in [0.1, 0.15) is 38.3 Å². The average Bonchev–Trinajstić information content (AvgIpc) is 2.81. The van der Waals surface area contributed by atoms with Crippen LogP contribution in [0.25, 0.3) is 0 Å². The Morgan fingerprint density at radius 1 is 1.29 bits per heavy atom. The molecular formula is C16H20BrNO3. The molecule has 1 saturated carbocycles. The Labute approximate surface area is 133 Å². The number of carbonyl (C=O) groups is 2. The maximum atomic E-state index is 12.4. The molecule has 21 heavy (non-hydrogen) atoms. The Kier molecular flexibility index (Phi) is 5.04. The minimum absolute atomic E-state index is 0.154. The number of carbonyl (C=O) groups excluding carboxylic acids is 1. The number of nitrogens with one attached hydrogen (secondary N) is 1. The summed E-state index contributed by atoms with van der Waals surface area (Å²) >= 11 is 3.47. The van der Waals surface area contributed by atoms with Crippen molar-refractivity contribution in [2.75, 3.05) is 0 Å². The fraction of sp³-hybridized carbons (Fsp3) is 0.500. The van der Waals surface area contributed by atoms with Crippen LogP contribution in [0, 0.1) is 17.8 Å². The summed E-state index contributed by atoms with van der Waals surface area (Å²) in [6.07, 6.45) is 1.22. The highest BCUT2D eigenvalue weighted by atomic mass is 79.9. The van der Waals surface area contributed by atoms with Gasteiger partial charge in [0.05, 0.1) is 17.9 Å². The first-order valence-corrected chi connectivity index (χ1v) is 7.97. The summed E-state index contributed by atoms with van der Waals surface area (Å²) in [5.74, 6) is -1.74. The maximum Gasteiger partial charge on any atom is 0.307 e. The molecule has 0 bridgehead atoms. The highest BCUT2D eigenvalue weighted by Gasteiger charge is 2.41. The SMILES string of the molecule is CC1CC(C(=O)O)C(C(=O)N[C@@H](C)c2ccccc2Br)C1. The van der Waals surface area contributed by atoms with Crippen molar-refractivity contribution in [2.45, 2.75) is 32.7 Å². The van der Waals surface area contributed by atoms with E-state index in [0.717, 1.165) is 10.0 Å². The van der Waals surface area contributed by atoms with Crippen LogP contribution in [0.3, 0.4) is 0 Å². The molecule has 1 aromatic rings. The Bertz CT molecular complexity index is 546. The molecule has 3 unspecified atom stereocenters. The van der Waals surface area contributed by atoms with Gasteiger partial charge in [0.2, 0.25) is 5.91 Å². The van der Waals surface area contributed by atoms with E-state index < -0.39 is 17.8 Å². The van der Waals surface area contributed by atoms with E-state index in [4.69, 9.17) is 0 Å². The van der Waals surface area contributed by atoms with Crippen molar-refractivity contribution in [3.63, 3.8) is 0 Å². The van der Waals surface area contributed by atoms with Gasteiger partial charge in [-0.05, 0) is 37.3 Å². The van der Waals surface area contributed by atoms with E-state index in [1.807, 2.05) is 38.1 Å². The third-order valence-electron chi connectivity index (χ3n) is 4.18. The van der Waals surface area contributed by atoms with Gasteiger partial charge in [0.1, 0.15) is 0 Å². The molecule has 4 nitrogen and oxygen atoms in total. The third-order valence-corrected chi connectivity index (χ3v) is 4.90. The molecule has 0 radical (unpaired) electrons. The predicted octanol–water partition coefficient (Wildman–Crippen LogP) is 3.37. The summed E-state index contributed by atoms with van der Waals surface area (Å²) in [5.41, 5.74) is 0.990. The molecule has 1 aliphatic carbocycles. The van der Waals surface area contributed by atoms with Crippen LogP contribution < -0.4 is 5.32 Å². The van der Waals surface area contributed by atoms with Crippen molar-refractivity contribution >= 4 is 27.8 Å². The first kappa shape index (κ1) is 16.0. The van der Waals surface area contributed by atoms with Crippen LogP contribution in [0.2, 0.25) is 0 Å². The lowest BCUT2D eigenvalue weighted by Crippen LogP contribution is -2.36. The summed E-state index contributed by atoms with van der Waals surface area (Å²) in [6.45, 7) is 3.91. The van der Waals surface area contributed by atoms with Gasteiger partial charge in [0.25, 0.3) is 0 Å². The van der Waals surface area contributed by atoms with Crippen molar-refractivity contribution in [3.05, 3.63) is 34.3 Å². The zero-order chi connectivity index (χ0) is 15.6. The second kappa shape index (κ2) is 6.60. The number of halogens is 1. The quantitative estimate of drug-likeness (QED) is 0.871. The average molecular weight is 354 g/mol. The van der Waals surface area contributed by atoms with Gasteiger partial charge in [-0.2, -0.15) is 0 Å². The third kappa shape index (κ3) is 3.64. The lowest BCUT2D eigenvalue weighted by Gasteiger charge is -2.20. The van der Waals surface area contributed by atoms with Crippen molar-refractivity contribution in [3.8, 4) is 0 Å². The molecule has 1 aromatic carbocycles. The molecule has 1 amide bonds. The van der Waals surface area contributed by atoms with Crippen molar-refractivity contribution in [1.29, 1.82) is 0 Å². The van der Waals surface area contributed by atoms with Gasteiger partial charge in [-0.1, -0.05) is 41.1 Å². The lowest BCUT2D eigenvalue weighted by atomic mass is 9.94. The summed E-state index contributed by atoms with van der Waals surface area (Å²) in [4.78, 5) is 23.7. The molecular weight excluding hydrogens is 334 g/mol. The molecule has 2 rings (SSSR count). The number of hydrogen-bond acceptors (Lipinski definition) is 2. The molecule has 0 spiro atoms. The van der Waals surface area contributed by atoms with E-state index in [1.165, 1.54) is 0 Å². The Balaban J connectivity index is 2.07. The number of benzene rings is 1. The number of rotatable bonds is 4. The molecule has 1 aliphatic rings. The normalized spacial score (nSPS) is 26.3. The van der Waals surface area contributed by atoms with Gasteiger partial charge < -0.3 is 10.4 Å². The summed E-state index contributed by atoms with van der Waals surface area (Å²) < 4.78 is 0.937. The van der Waals surface area contributed by atoms with Crippen LogP contribution in [0.5, 0.6) is 0 Å². The zero-order valence-electron chi connectivity index (χ0n) is 12.2. The minimum atomic E-state index is -0.868. The Morgan fingerprint density at radius 3 is 2.52 bits per heavy atom. The summed E-state index contributed by atoms with van der Waals surface area (Å²) in [6, 6.07) is 7.55. The van der Waals surface area contributed by atoms with Gasteiger partial charge in [-0.3, -0.25) is 9.59 Å². The van der Waals surface area contributed by atoms with Gasteiger partial charge in [0.15, 0.2) is 0 Å². The van der Waals surface area contributed by atoms with Gasteiger partial charge in [0, 0.05) is 4.47 Å². The molecule has 4 atom stereocenters. The van der Waals surface area contributed by atoms with Crippen molar-refractivity contribution in [2.24, 2.45) is 17.8 Å². The molecule has 0 aliphatic heterocycles. The summed E-state index contributed by atoms with van der Waals surface area (Å²) in [5, 5.41) is 12.2. The molecule has 114 valence electrons. The van der Waals surface area contributed by atoms with Crippen LogP contribution in [-0.4, -0.2) is 17.0 Å². The fourth-order valence-corrected chi connectivity index (χ4v) is 3.71. The standard InChI is InChI=1S/C16H20BrNO3/c1-9-7-12(13(8-9)16(20)21)15(19)18-10(2)11-5-3-4-6-14(11)17/h3-6,9-10,12-13H,7-8H2,1-2H3,(H,18,19)(H,20,21)/t9?,10-,12?,13?/m0/s1.